The molecule has 2 aliphatic rings. The quantitative estimate of drug-likeness (QED) is 0.391. The predicted molar refractivity (Wildman–Crippen MR) is 160 cm³/mol. The molecule has 0 saturated carbocycles. The average Bonchev–Trinajstić information content (AvgIpc) is 3.32. The smallest absolute Gasteiger partial charge is 0.242 e. The van der Waals surface area contributed by atoms with Gasteiger partial charge in [-0.15, -0.1) is 0 Å². The Labute approximate surface area is 239 Å². The highest BCUT2D eigenvalue weighted by Gasteiger charge is 2.41. The lowest BCUT2D eigenvalue weighted by Crippen LogP contribution is -2.47. The minimum absolute atomic E-state index is 0.0870. The summed E-state index contributed by atoms with van der Waals surface area (Å²) in [5.74, 6) is 0.0870. The summed E-state index contributed by atoms with van der Waals surface area (Å²) >= 11 is 0. The van der Waals surface area contributed by atoms with E-state index in [0.29, 0.717) is 17.9 Å². The molecule has 1 unspecified atom stereocenters. The second-order valence-corrected chi connectivity index (χ2v) is 13.7. The number of rotatable bonds is 10. The van der Waals surface area contributed by atoms with Crippen LogP contribution in [0.25, 0.3) is 0 Å². The molecule has 1 aliphatic carbocycles. The number of hydrogen-bond donors (Lipinski definition) is 1. The number of piperidine rings is 1. The first-order valence-electron chi connectivity index (χ1n) is 14.4. The average molecular weight is 560 g/mol. The van der Waals surface area contributed by atoms with Gasteiger partial charge < -0.3 is 10.2 Å². The molecule has 3 aromatic rings. The largest absolute Gasteiger partial charge is 0.353 e. The number of likely N-dealkylation sites (N-methyl/N-ethyl adjacent to an activating group) is 1. The molecular weight excluding hydrogens is 518 g/mol. The van der Waals surface area contributed by atoms with Gasteiger partial charge in [-0.25, -0.2) is 12.7 Å². The van der Waals surface area contributed by atoms with Crippen LogP contribution >= 0.6 is 0 Å². The first kappa shape index (κ1) is 28.5. The van der Waals surface area contributed by atoms with Crippen molar-refractivity contribution >= 4 is 15.9 Å². The number of nitrogens with one attached hydrogen (secondary N) is 1. The van der Waals surface area contributed by atoms with Gasteiger partial charge in [-0.3, -0.25) is 4.79 Å². The van der Waals surface area contributed by atoms with E-state index in [2.05, 4.69) is 34.5 Å². The zero-order valence-corrected chi connectivity index (χ0v) is 24.5. The molecule has 5 rings (SSSR count). The molecule has 1 heterocycles. The third kappa shape index (κ3) is 6.48. The minimum atomic E-state index is -3.59. The summed E-state index contributed by atoms with van der Waals surface area (Å²) < 4.78 is 28.6. The number of carbonyl (C=O) groups excluding carboxylic acids is 1. The van der Waals surface area contributed by atoms with Gasteiger partial charge >= 0.3 is 0 Å². The molecule has 212 valence electrons. The van der Waals surface area contributed by atoms with Crippen molar-refractivity contribution in [2.45, 2.75) is 61.8 Å². The number of nitrogens with zero attached hydrogens (tertiary/aromatic N) is 2. The summed E-state index contributed by atoms with van der Waals surface area (Å²) in [6.45, 7) is 5.22. The molecule has 0 aromatic heterocycles. The molecule has 3 aromatic carbocycles. The summed E-state index contributed by atoms with van der Waals surface area (Å²) in [6, 6.07) is 25.8. The summed E-state index contributed by atoms with van der Waals surface area (Å²) in [5, 5.41) is 3.23. The second kappa shape index (κ2) is 12.2. The zero-order chi connectivity index (χ0) is 28.2. The summed E-state index contributed by atoms with van der Waals surface area (Å²) in [6.07, 6.45) is 5.12. The predicted octanol–water partition coefficient (Wildman–Crippen LogP) is 4.71. The second-order valence-electron chi connectivity index (χ2n) is 11.6. The van der Waals surface area contributed by atoms with Crippen molar-refractivity contribution in [2.24, 2.45) is 0 Å². The maximum Gasteiger partial charge on any atom is 0.242 e. The van der Waals surface area contributed by atoms with E-state index >= 15 is 0 Å². The van der Waals surface area contributed by atoms with E-state index in [0.717, 1.165) is 62.9 Å². The van der Waals surface area contributed by atoms with Gasteiger partial charge in [0.1, 0.15) is 0 Å². The number of aryl methyl sites for hydroxylation is 2. The van der Waals surface area contributed by atoms with Crippen LogP contribution in [0, 0.1) is 6.92 Å². The molecule has 1 atom stereocenters. The SMILES string of the molecule is Cc1ccc(S(=O)(=O)N(C)CC2(CCN3CCC(NC(=O)Cc4ccccc4)CC3)CCc3ccccc32)cc1. The van der Waals surface area contributed by atoms with Crippen LogP contribution in [-0.2, 0) is 33.1 Å². The van der Waals surface area contributed by atoms with Crippen LogP contribution in [0.5, 0.6) is 0 Å². The molecule has 40 heavy (non-hydrogen) atoms. The third-order valence-corrected chi connectivity index (χ3v) is 10.6. The molecule has 0 spiro atoms. The number of sulfonamides is 1. The van der Waals surface area contributed by atoms with Crippen LogP contribution in [0.2, 0.25) is 0 Å². The van der Waals surface area contributed by atoms with Crippen molar-refractivity contribution in [1.29, 1.82) is 0 Å². The topological polar surface area (TPSA) is 69.7 Å². The lowest BCUT2D eigenvalue weighted by Gasteiger charge is -2.38. The fraction of sp³-hybridized carbons (Fsp3) is 0.424. The number of benzene rings is 3. The van der Waals surface area contributed by atoms with E-state index in [-0.39, 0.29) is 17.4 Å². The van der Waals surface area contributed by atoms with Crippen LogP contribution in [0.4, 0.5) is 0 Å². The summed E-state index contributed by atoms with van der Waals surface area (Å²) in [5.41, 5.74) is 4.49. The zero-order valence-electron chi connectivity index (χ0n) is 23.7. The van der Waals surface area contributed by atoms with Crippen molar-refractivity contribution < 1.29 is 13.2 Å². The van der Waals surface area contributed by atoms with E-state index in [4.69, 9.17) is 0 Å². The highest BCUT2D eigenvalue weighted by atomic mass is 32.2. The number of amides is 1. The summed E-state index contributed by atoms with van der Waals surface area (Å²) in [4.78, 5) is 15.4. The Kier molecular flexibility index (Phi) is 8.74. The van der Waals surface area contributed by atoms with Gasteiger partial charge in [-0.1, -0.05) is 72.3 Å². The number of hydrogen-bond acceptors (Lipinski definition) is 4. The Morgan fingerprint density at radius 1 is 0.975 bits per heavy atom. The molecule has 1 saturated heterocycles. The fourth-order valence-corrected chi connectivity index (χ4v) is 7.66. The van der Waals surface area contributed by atoms with Crippen molar-refractivity contribution in [2.75, 3.05) is 33.2 Å². The maximum atomic E-state index is 13.5. The molecule has 1 fully saturated rings. The molecule has 1 N–H and O–H groups in total. The Morgan fingerprint density at radius 3 is 2.38 bits per heavy atom. The molecular formula is C33H41N3O3S. The molecule has 0 bridgehead atoms. The van der Waals surface area contributed by atoms with Gasteiger partial charge in [-0.05, 0) is 74.4 Å². The number of carbonyl (C=O) groups is 1. The van der Waals surface area contributed by atoms with E-state index < -0.39 is 10.0 Å². The van der Waals surface area contributed by atoms with Crippen molar-refractivity contribution in [1.82, 2.24) is 14.5 Å². The molecule has 1 amide bonds. The van der Waals surface area contributed by atoms with Gasteiger partial charge in [0.2, 0.25) is 15.9 Å². The first-order chi connectivity index (χ1) is 19.2. The van der Waals surface area contributed by atoms with Crippen molar-refractivity contribution in [3.8, 4) is 0 Å². The summed E-state index contributed by atoms with van der Waals surface area (Å²) in [7, 11) is -1.87. The molecule has 0 radical (unpaired) electrons. The maximum absolute atomic E-state index is 13.5. The van der Waals surface area contributed by atoms with Crippen LogP contribution in [0.1, 0.15) is 47.9 Å². The van der Waals surface area contributed by atoms with Gasteiger partial charge in [-0.2, -0.15) is 0 Å². The van der Waals surface area contributed by atoms with E-state index in [1.54, 1.807) is 23.5 Å². The van der Waals surface area contributed by atoms with Gasteiger partial charge in [0.15, 0.2) is 0 Å². The highest BCUT2D eigenvalue weighted by Crippen LogP contribution is 2.43. The van der Waals surface area contributed by atoms with E-state index in [1.165, 1.54) is 11.1 Å². The molecule has 7 heteroatoms. The Hall–Kier alpha value is -3.00. The van der Waals surface area contributed by atoms with Crippen molar-refractivity contribution in [3.63, 3.8) is 0 Å². The number of fused-ring (bicyclic) bond motifs is 1. The van der Waals surface area contributed by atoms with Crippen molar-refractivity contribution in [3.05, 3.63) is 101 Å². The van der Waals surface area contributed by atoms with Crippen LogP contribution in [0.15, 0.2) is 83.8 Å². The van der Waals surface area contributed by atoms with Gasteiger partial charge in [0.25, 0.3) is 0 Å². The van der Waals surface area contributed by atoms with Gasteiger partial charge in [0.05, 0.1) is 11.3 Å². The third-order valence-electron chi connectivity index (χ3n) is 8.78. The Bertz CT molecular complexity index is 1400. The number of likely N-dealkylation sites (tertiary alicyclic amines) is 1. The minimum Gasteiger partial charge on any atom is -0.353 e. The molecule has 6 nitrogen and oxygen atoms in total. The van der Waals surface area contributed by atoms with Crippen LogP contribution in [0.3, 0.4) is 0 Å². The first-order valence-corrected chi connectivity index (χ1v) is 15.9. The van der Waals surface area contributed by atoms with E-state index in [9.17, 15) is 13.2 Å². The lowest BCUT2D eigenvalue weighted by molar-refractivity contribution is -0.121. The monoisotopic (exact) mass is 559 g/mol. The van der Waals surface area contributed by atoms with Crippen LogP contribution in [-0.4, -0.2) is 62.8 Å². The normalized spacial score (nSPS) is 20.0. The molecule has 1 aliphatic heterocycles. The Morgan fingerprint density at radius 2 is 1.65 bits per heavy atom. The standard InChI is InChI=1S/C33H41N3O3S/c1-26-12-14-30(15-13-26)40(38,39)35(2)25-33(19-16-28-10-6-7-11-31(28)33)20-23-36-21-17-29(18-22-36)34-32(37)24-27-8-4-3-5-9-27/h3-15,29H,16-25H2,1-2H3,(H,34,37). The van der Waals surface area contributed by atoms with Gasteiger partial charge in [0, 0.05) is 38.1 Å². The highest BCUT2D eigenvalue weighted by molar-refractivity contribution is 7.89. The lowest BCUT2D eigenvalue weighted by atomic mass is 9.78. The Balaban J connectivity index is 1.21. The van der Waals surface area contributed by atoms with Crippen LogP contribution < -0.4 is 5.32 Å². The fourth-order valence-electron chi connectivity index (χ4n) is 6.40. The van der Waals surface area contributed by atoms with E-state index in [1.807, 2.05) is 49.4 Å².